The molecule has 3 aromatic carbocycles. The summed E-state index contributed by atoms with van der Waals surface area (Å²) in [6.07, 6.45) is 1.91. The smallest absolute Gasteiger partial charge is 0.244 e. The second-order valence-corrected chi connectivity index (χ2v) is 6.68. The number of benzene rings is 3. The van der Waals surface area contributed by atoms with Crippen LogP contribution in [0.3, 0.4) is 0 Å². The van der Waals surface area contributed by atoms with E-state index in [0.29, 0.717) is 6.61 Å². The van der Waals surface area contributed by atoms with Gasteiger partial charge in [0.05, 0.1) is 12.6 Å². The van der Waals surface area contributed by atoms with Crippen LogP contribution in [0, 0.1) is 0 Å². The number of ether oxygens (including phenoxy) is 2. The van der Waals surface area contributed by atoms with Crippen molar-refractivity contribution in [1.29, 1.82) is 0 Å². The molecule has 0 unspecified atom stereocenters. The minimum Gasteiger partial charge on any atom is -0.497 e. The molecule has 0 aliphatic heterocycles. The molecular weight excluding hydrogens is 364 g/mol. The van der Waals surface area contributed by atoms with E-state index in [1.54, 1.807) is 7.11 Å². The number of nitrogens with zero attached hydrogens (tertiary/aromatic N) is 1. The van der Waals surface area contributed by atoms with Crippen molar-refractivity contribution in [2.24, 2.45) is 0 Å². The van der Waals surface area contributed by atoms with Crippen LogP contribution in [-0.2, 0) is 17.9 Å². The first kappa shape index (κ1) is 18.6. The summed E-state index contributed by atoms with van der Waals surface area (Å²) in [5.74, 6) is 1.46. The van der Waals surface area contributed by atoms with Crippen LogP contribution in [0.1, 0.15) is 5.56 Å². The minimum atomic E-state index is -0.0942. The Morgan fingerprint density at radius 1 is 0.931 bits per heavy atom. The zero-order chi connectivity index (χ0) is 20.1. The Labute approximate surface area is 169 Å². The Kier molecular flexibility index (Phi) is 5.47. The largest absolute Gasteiger partial charge is 0.497 e. The molecule has 0 saturated carbocycles. The minimum absolute atomic E-state index is 0.0942. The highest BCUT2D eigenvalue weighted by Gasteiger charge is 2.10. The van der Waals surface area contributed by atoms with E-state index in [1.165, 1.54) is 0 Å². The van der Waals surface area contributed by atoms with Crippen molar-refractivity contribution in [3.05, 3.63) is 90.6 Å². The average Bonchev–Trinajstić information content (AvgIpc) is 3.17. The molecule has 29 heavy (non-hydrogen) atoms. The number of carbonyl (C=O) groups excluding carboxylic acids is 1. The zero-order valence-electron chi connectivity index (χ0n) is 16.2. The number of rotatable bonds is 7. The molecule has 1 N–H and O–H groups in total. The molecule has 1 heterocycles. The van der Waals surface area contributed by atoms with E-state index < -0.39 is 0 Å². The SMILES string of the molecule is COc1ccc(NC(=O)Cn2ccc3c(OCc4ccccc4)cccc32)cc1. The third-order valence-corrected chi connectivity index (χ3v) is 4.70. The predicted octanol–water partition coefficient (Wildman–Crippen LogP) is 4.87. The van der Waals surface area contributed by atoms with E-state index in [1.807, 2.05) is 89.6 Å². The number of carbonyl (C=O) groups is 1. The fourth-order valence-electron chi connectivity index (χ4n) is 3.22. The molecule has 0 saturated heterocycles. The summed E-state index contributed by atoms with van der Waals surface area (Å²) in [6.45, 7) is 0.723. The number of methoxy groups -OCH3 is 1. The third kappa shape index (κ3) is 4.41. The molecule has 4 aromatic rings. The Morgan fingerprint density at radius 2 is 1.72 bits per heavy atom. The molecule has 4 rings (SSSR count). The van der Waals surface area contributed by atoms with Crippen molar-refractivity contribution < 1.29 is 14.3 Å². The van der Waals surface area contributed by atoms with E-state index in [9.17, 15) is 4.79 Å². The Morgan fingerprint density at radius 3 is 2.48 bits per heavy atom. The maximum absolute atomic E-state index is 12.5. The van der Waals surface area contributed by atoms with Gasteiger partial charge in [0.2, 0.25) is 5.91 Å². The van der Waals surface area contributed by atoms with Gasteiger partial charge in [0.15, 0.2) is 0 Å². The number of aromatic nitrogens is 1. The normalized spacial score (nSPS) is 10.7. The Hall–Kier alpha value is -3.73. The summed E-state index contributed by atoms with van der Waals surface area (Å²) in [6, 6.07) is 25.2. The van der Waals surface area contributed by atoms with E-state index in [2.05, 4.69) is 5.32 Å². The first-order chi connectivity index (χ1) is 14.2. The average molecular weight is 386 g/mol. The number of fused-ring (bicyclic) bond motifs is 1. The molecule has 0 bridgehead atoms. The lowest BCUT2D eigenvalue weighted by molar-refractivity contribution is -0.116. The quantitative estimate of drug-likeness (QED) is 0.493. The predicted molar refractivity (Wildman–Crippen MR) is 114 cm³/mol. The van der Waals surface area contributed by atoms with Gasteiger partial charge < -0.3 is 19.4 Å². The highest BCUT2D eigenvalue weighted by atomic mass is 16.5. The third-order valence-electron chi connectivity index (χ3n) is 4.70. The van der Waals surface area contributed by atoms with Crippen LogP contribution in [0.2, 0.25) is 0 Å². The highest BCUT2D eigenvalue weighted by Crippen LogP contribution is 2.27. The van der Waals surface area contributed by atoms with E-state index >= 15 is 0 Å². The van der Waals surface area contributed by atoms with Gasteiger partial charge in [0.25, 0.3) is 0 Å². The molecule has 1 aromatic heterocycles. The standard InChI is InChI=1S/C24H22N2O3/c1-28-20-12-10-19(11-13-20)25-24(27)16-26-15-14-21-22(26)8-5-9-23(21)29-17-18-6-3-2-4-7-18/h2-15H,16-17H2,1H3,(H,25,27). The van der Waals surface area contributed by atoms with E-state index in [0.717, 1.165) is 33.7 Å². The number of amides is 1. The molecule has 146 valence electrons. The van der Waals surface area contributed by atoms with Crippen LogP contribution >= 0.6 is 0 Å². The van der Waals surface area contributed by atoms with E-state index in [-0.39, 0.29) is 12.5 Å². The Balaban J connectivity index is 1.46. The van der Waals surface area contributed by atoms with Gasteiger partial charge in [-0.15, -0.1) is 0 Å². The molecule has 0 spiro atoms. The topological polar surface area (TPSA) is 52.5 Å². The van der Waals surface area contributed by atoms with Crippen molar-refractivity contribution in [2.75, 3.05) is 12.4 Å². The number of hydrogen-bond acceptors (Lipinski definition) is 3. The molecule has 1 amide bonds. The van der Waals surface area contributed by atoms with Crippen LogP contribution in [0.25, 0.3) is 10.9 Å². The number of anilines is 1. The van der Waals surface area contributed by atoms with Crippen molar-refractivity contribution in [3.63, 3.8) is 0 Å². The van der Waals surface area contributed by atoms with Crippen LogP contribution in [0.15, 0.2) is 85.1 Å². The maximum Gasteiger partial charge on any atom is 0.244 e. The molecule has 0 fully saturated rings. The van der Waals surface area contributed by atoms with Crippen molar-refractivity contribution in [3.8, 4) is 11.5 Å². The summed E-state index contributed by atoms with van der Waals surface area (Å²) in [5, 5.41) is 3.90. The lowest BCUT2D eigenvalue weighted by Crippen LogP contribution is -2.18. The first-order valence-corrected chi connectivity index (χ1v) is 9.41. The summed E-state index contributed by atoms with van der Waals surface area (Å²) < 4.78 is 13.1. The lowest BCUT2D eigenvalue weighted by atomic mass is 10.2. The van der Waals surface area contributed by atoms with Gasteiger partial charge in [-0.3, -0.25) is 4.79 Å². The Bertz CT molecular complexity index is 1100. The molecule has 0 aliphatic rings. The summed E-state index contributed by atoms with van der Waals surface area (Å²) in [5.41, 5.74) is 2.81. The monoisotopic (exact) mass is 386 g/mol. The second-order valence-electron chi connectivity index (χ2n) is 6.68. The van der Waals surface area contributed by atoms with Gasteiger partial charge in [-0.05, 0) is 48.0 Å². The summed E-state index contributed by atoms with van der Waals surface area (Å²) >= 11 is 0. The summed E-state index contributed by atoms with van der Waals surface area (Å²) in [7, 11) is 1.61. The number of hydrogen-bond donors (Lipinski definition) is 1. The molecule has 0 radical (unpaired) electrons. The lowest BCUT2D eigenvalue weighted by Gasteiger charge is -2.10. The van der Waals surface area contributed by atoms with Gasteiger partial charge in [0.1, 0.15) is 24.7 Å². The maximum atomic E-state index is 12.5. The first-order valence-electron chi connectivity index (χ1n) is 9.41. The van der Waals surface area contributed by atoms with Crippen LogP contribution < -0.4 is 14.8 Å². The highest BCUT2D eigenvalue weighted by molar-refractivity contribution is 5.93. The molecule has 5 nitrogen and oxygen atoms in total. The van der Waals surface area contributed by atoms with Gasteiger partial charge in [-0.2, -0.15) is 0 Å². The molecule has 5 heteroatoms. The van der Waals surface area contributed by atoms with Crippen LogP contribution in [0.5, 0.6) is 11.5 Å². The van der Waals surface area contributed by atoms with Crippen LogP contribution in [-0.4, -0.2) is 17.6 Å². The van der Waals surface area contributed by atoms with Crippen molar-refractivity contribution in [2.45, 2.75) is 13.2 Å². The molecular formula is C24H22N2O3. The van der Waals surface area contributed by atoms with Gasteiger partial charge in [0, 0.05) is 17.3 Å². The number of nitrogens with one attached hydrogen (secondary N) is 1. The van der Waals surface area contributed by atoms with Crippen LogP contribution in [0.4, 0.5) is 5.69 Å². The van der Waals surface area contributed by atoms with Crippen molar-refractivity contribution in [1.82, 2.24) is 4.57 Å². The second kappa shape index (κ2) is 8.52. The fourth-order valence-corrected chi connectivity index (χ4v) is 3.22. The van der Waals surface area contributed by atoms with Gasteiger partial charge in [-0.1, -0.05) is 36.4 Å². The molecule has 0 atom stereocenters. The van der Waals surface area contributed by atoms with Gasteiger partial charge in [-0.25, -0.2) is 0 Å². The van der Waals surface area contributed by atoms with E-state index in [4.69, 9.17) is 9.47 Å². The summed E-state index contributed by atoms with van der Waals surface area (Å²) in [4.78, 5) is 12.5. The molecule has 0 aliphatic carbocycles. The zero-order valence-corrected chi connectivity index (χ0v) is 16.2. The van der Waals surface area contributed by atoms with Gasteiger partial charge >= 0.3 is 0 Å². The van der Waals surface area contributed by atoms with Crippen molar-refractivity contribution >= 4 is 22.5 Å². The fraction of sp³-hybridized carbons (Fsp3) is 0.125.